The molecule has 1 aliphatic carbocycles. The van der Waals surface area contributed by atoms with Crippen LogP contribution in [0.4, 0.5) is 0 Å². The maximum absolute atomic E-state index is 9.29. The fourth-order valence-electron chi connectivity index (χ4n) is 2.16. The van der Waals surface area contributed by atoms with Crippen LogP contribution in [0.1, 0.15) is 18.1 Å². The molecule has 0 aliphatic heterocycles. The molecule has 0 heterocycles. The number of aliphatic hydroxyl groups is 1. The molecule has 2 rings (SSSR count). The van der Waals surface area contributed by atoms with Crippen molar-refractivity contribution in [2.45, 2.75) is 19.8 Å². The summed E-state index contributed by atoms with van der Waals surface area (Å²) in [5, 5.41) is 9.29. The summed E-state index contributed by atoms with van der Waals surface area (Å²) in [5.41, 5.74) is 2.71. The molecule has 0 radical (unpaired) electrons. The van der Waals surface area contributed by atoms with E-state index in [-0.39, 0.29) is 12.0 Å². The second-order valence-electron chi connectivity index (χ2n) is 4.46. The van der Waals surface area contributed by atoms with Crippen LogP contribution in [0.5, 0.6) is 5.75 Å². The Morgan fingerprint density at radius 1 is 1.36 bits per heavy atom. The quantitative estimate of drug-likeness (QED) is 0.774. The summed E-state index contributed by atoms with van der Waals surface area (Å²) in [6.07, 6.45) is 1.93. The summed E-state index contributed by atoms with van der Waals surface area (Å²) < 4.78 is 5.18. The smallest absolute Gasteiger partial charge is 0.119 e. The number of benzene rings is 1. The predicted molar refractivity (Wildman–Crippen MR) is 55.6 cm³/mol. The molecule has 0 aromatic heterocycles. The molecular weight excluding hydrogens is 176 g/mol. The van der Waals surface area contributed by atoms with Crippen LogP contribution < -0.4 is 4.74 Å². The summed E-state index contributed by atoms with van der Waals surface area (Å²) in [4.78, 5) is 0. The molecule has 2 heteroatoms. The maximum atomic E-state index is 9.29. The minimum Gasteiger partial charge on any atom is -0.497 e. The van der Waals surface area contributed by atoms with Crippen LogP contribution in [0.3, 0.4) is 0 Å². The molecule has 0 bridgehead atoms. The van der Waals surface area contributed by atoms with Gasteiger partial charge in [-0.15, -0.1) is 0 Å². The van der Waals surface area contributed by atoms with Gasteiger partial charge in [0.15, 0.2) is 0 Å². The number of ether oxygens (including phenoxy) is 1. The van der Waals surface area contributed by atoms with E-state index in [2.05, 4.69) is 19.1 Å². The average molecular weight is 192 g/mol. The number of fused-ring (bicyclic) bond motifs is 1. The molecule has 1 aromatic rings. The van der Waals surface area contributed by atoms with Gasteiger partial charge in [-0.1, -0.05) is 13.0 Å². The molecule has 1 aromatic carbocycles. The molecule has 2 nitrogen and oxygen atoms in total. The molecule has 14 heavy (non-hydrogen) atoms. The summed E-state index contributed by atoms with van der Waals surface area (Å²) in [6.45, 7) is 2.38. The van der Waals surface area contributed by atoms with E-state index in [1.165, 1.54) is 11.1 Å². The van der Waals surface area contributed by atoms with E-state index in [1.54, 1.807) is 7.11 Å². The zero-order valence-electron chi connectivity index (χ0n) is 8.71. The molecule has 0 fully saturated rings. The summed E-state index contributed by atoms with van der Waals surface area (Å²) in [7, 11) is 1.68. The van der Waals surface area contributed by atoms with Crippen LogP contribution in [0.2, 0.25) is 0 Å². The Morgan fingerprint density at radius 2 is 2.07 bits per heavy atom. The molecule has 1 N–H and O–H groups in total. The molecule has 0 amide bonds. The minimum absolute atomic E-state index is 0.0364. The van der Waals surface area contributed by atoms with Gasteiger partial charge in [-0.05, 0) is 41.5 Å². The monoisotopic (exact) mass is 192 g/mol. The summed E-state index contributed by atoms with van der Waals surface area (Å²) in [5.74, 6) is 0.908. The van der Waals surface area contributed by atoms with Crippen molar-refractivity contribution in [3.8, 4) is 5.75 Å². The van der Waals surface area contributed by atoms with Gasteiger partial charge >= 0.3 is 0 Å². The molecule has 0 saturated heterocycles. The second kappa shape index (κ2) is 3.28. The largest absolute Gasteiger partial charge is 0.497 e. The summed E-state index contributed by atoms with van der Waals surface area (Å²) in [6, 6.07) is 6.17. The Bertz CT molecular complexity index is 346. The van der Waals surface area contributed by atoms with Gasteiger partial charge in [0.25, 0.3) is 0 Å². The third-order valence-electron chi connectivity index (χ3n) is 3.03. The van der Waals surface area contributed by atoms with Gasteiger partial charge < -0.3 is 9.84 Å². The van der Waals surface area contributed by atoms with E-state index >= 15 is 0 Å². The van der Waals surface area contributed by atoms with Crippen molar-refractivity contribution in [2.24, 2.45) is 5.41 Å². The highest BCUT2D eigenvalue weighted by molar-refractivity contribution is 5.40. The van der Waals surface area contributed by atoms with E-state index in [1.807, 2.05) is 6.07 Å². The Labute approximate surface area is 84.5 Å². The lowest BCUT2D eigenvalue weighted by Gasteiger charge is -2.19. The number of methoxy groups -OCH3 is 1. The lowest BCUT2D eigenvalue weighted by molar-refractivity contribution is 0.152. The van der Waals surface area contributed by atoms with Gasteiger partial charge in [0.2, 0.25) is 0 Å². The predicted octanol–water partition coefficient (Wildman–Crippen LogP) is 1.79. The molecule has 76 valence electrons. The van der Waals surface area contributed by atoms with Crippen molar-refractivity contribution in [1.82, 2.24) is 0 Å². The van der Waals surface area contributed by atoms with Crippen LogP contribution in [0.15, 0.2) is 18.2 Å². The highest BCUT2D eigenvalue weighted by Gasteiger charge is 2.32. The van der Waals surface area contributed by atoms with E-state index in [4.69, 9.17) is 4.74 Å². The molecular formula is C12H16O2. The average Bonchev–Trinajstić information content (AvgIpc) is 2.54. The van der Waals surface area contributed by atoms with Crippen molar-refractivity contribution in [1.29, 1.82) is 0 Å². The zero-order valence-corrected chi connectivity index (χ0v) is 8.71. The first-order valence-electron chi connectivity index (χ1n) is 4.93. The minimum atomic E-state index is 0.0364. The topological polar surface area (TPSA) is 29.5 Å². The van der Waals surface area contributed by atoms with Crippen LogP contribution in [-0.4, -0.2) is 18.8 Å². The van der Waals surface area contributed by atoms with Gasteiger partial charge in [0.05, 0.1) is 7.11 Å². The number of aliphatic hydroxyl groups excluding tert-OH is 1. The Morgan fingerprint density at radius 3 is 2.71 bits per heavy atom. The van der Waals surface area contributed by atoms with Crippen molar-refractivity contribution in [3.05, 3.63) is 29.3 Å². The van der Waals surface area contributed by atoms with Crippen LogP contribution >= 0.6 is 0 Å². The Hall–Kier alpha value is -1.02. The fourth-order valence-corrected chi connectivity index (χ4v) is 2.16. The standard InChI is InChI=1S/C12H16O2/c1-12(8-13)6-9-3-4-11(14-2)5-10(9)7-12/h3-5,13H,6-8H2,1-2H3. The molecule has 0 saturated carbocycles. The van der Waals surface area contributed by atoms with Crippen molar-refractivity contribution in [2.75, 3.05) is 13.7 Å². The van der Waals surface area contributed by atoms with Crippen molar-refractivity contribution >= 4 is 0 Å². The number of hydrogen-bond acceptors (Lipinski definition) is 2. The van der Waals surface area contributed by atoms with Gasteiger partial charge in [0, 0.05) is 6.61 Å². The first-order valence-corrected chi connectivity index (χ1v) is 4.93. The van der Waals surface area contributed by atoms with Crippen LogP contribution in [-0.2, 0) is 12.8 Å². The second-order valence-corrected chi connectivity index (χ2v) is 4.46. The highest BCUT2D eigenvalue weighted by atomic mass is 16.5. The van der Waals surface area contributed by atoms with Gasteiger partial charge in [-0.3, -0.25) is 0 Å². The van der Waals surface area contributed by atoms with Crippen molar-refractivity contribution < 1.29 is 9.84 Å². The third-order valence-corrected chi connectivity index (χ3v) is 3.03. The van der Waals surface area contributed by atoms with Gasteiger partial charge in [-0.2, -0.15) is 0 Å². The lowest BCUT2D eigenvalue weighted by atomic mass is 9.88. The maximum Gasteiger partial charge on any atom is 0.119 e. The van der Waals surface area contributed by atoms with Crippen LogP contribution in [0.25, 0.3) is 0 Å². The molecule has 1 unspecified atom stereocenters. The number of rotatable bonds is 2. The number of hydrogen-bond donors (Lipinski definition) is 1. The molecule has 1 aliphatic rings. The molecule has 0 spiro atoms. The Kier molecular flexibility index (Phi) is 2.23. The van der Waals surface area contributed by atoms with Gasteiger partial charge in [-0.25, -0.2) is 0 Å². The van der Waals surface area contributed by atoms with Crippen LogP contribution in [0, 0.1) is 5.41 Å². The third kappa shape index (κ3) is 1.50. The summed E-state index contributed by atoms with van der Waals surface area (Å²) >= 11 is 0. The van der Waals surface area contributed by atoms with E-state index in [0.717, 1.165) is 18.6 Å². The zero-order chi connectivity index (χ0) is 10.2. The van der Waals surface area contributed by atoms with Crippen molar-refractivity contribution in [3.63, 3.8) is 0 Å². The lowest BCUT2D eigenvalue weighted by Crippen LogP contribution is -2.21. The first kappa shape index (κ1) is 9.53. The fraction of sp³-hybridized carbons (Fsp3) is 0.500. The van der Waals surface area contributed by atoms with Gasteiger partial charge in [0.1, 0.15) is 5.75 Å². The van der Waals surface area contributed by atoms with E-state index in [0.29, 0.717) is 0 Å². The highest BCUT2D eigenvalue weighted by Crippen LogP contribution is 2.37. The SMILES string of the molecule is COc1ccc2c(c1)CC(C)(CO)C2. The Balaban J connectivity index is 2.31. The molecule has 1 atom stereocenters. The normalized spacial score (nSPS) is 24.8. The van der Waals surface area contributed by atoms with E-state index in [9.17, 15) is 5.11 Å². The van der Waals surface area contributed by atoms with E-state index < -0.39 is 0 Å². The first-order chi connectivity index (χ1) is 6.67.